The van der Waals surface area contributed by atoms with E-state index in [0.717, 1.165) is 5.69 Å². The van der Waals surface area contributed by atoms with Crippen LogP contribution in [0.3, 0.4) is 0 Å². The van der Waals surface area contributed by atoms with E-state index < -0.39 is 0 Å². The fourth-order valence-corrected chi connectivity index (χ4v) is 2.69. The number of aromatic nitrogens is 2. The van der Waals surface area contributed by atoms with Gasteiger partial charge in [0.25, 0.3) is 5.91 Å². The number of benzene rings is 2. The van der Waals surface area contributed by atoms with Crippen LogP contribution < -0.4 is 15.4 Å². The van der Waals surface area contributed by atoms with E-state index in [2.05, 4.69) is 47.7 Å². The maximum Gasteiger partial charge on any atom is 0.263 e. The lowest BCUT2D eigenvalue weighted by Crippen LogP contribution is -2.21. The SMILES string of the molecule is CC(C)(C)c1ccccc1Nc1ccc(NC(=O)COc2ccccc2)nn1. The smallest absolute Gasteiger partial charge is 0.263 e. The van der Waals surface area contributed by atoms with Crippen molar-refractivity contribution >= 4 is 23.2 Å². The van der Waals surface area contributed by atoms with Crippen molar-refractivity contribution in [2.45, 2.75) is 26.2 Å². The maximum atomic E-state index is 12.0. The third-order valence-corrected chi connectivity index (χ3v) is 4.04. The summed E-state index contributed by atoms with van der Waals surface area (Å²) in [4.78, 5) is 12.0. The van der Waals surface area contributed by atoms with Gasteiger partial charge in [0, 0.05) is 5.69 Å². The lowest BCUT2D eigenvalue weighted by Gasteiger charge is -2.23. The van der Waals surface area contributed by atoms with Crippen molar-refractivity contribution in [1.82, 2.24) is 10.2 Å². The number of hydrogen-bond donors (Lipinski definition) is 2. The van der Waals surface area contributed by atoms with E-state index in [1.165, 1.54) is 5.56 Å². The number of carbonyl (C=O) groups excluding carboxylic acids is 1. The second-order valence-corrected chi connectivity index (χ2v) is 7.37. The van der Waals surface area contributed by atoms with Gasteiger partial charge in [0.2, 0.25) is 0 Å². The molecule has 144 valence electrons. The summed E-state index contributed by atoms with van der Waals surface area (Å²) in [5, 5.41) is 14.2. The second-order valence-electron chi connectivity index (χ2n) is 7.37. The molecule has 0 atom stereocenters. The number of para-hydroxylation sites is 2. The van der Waals surface area contributed by atoms with Crippen LogP contribution in [0.1, 0.15) is 26.3 Å². The van der Waals surface area contributed by atoms with Crippen molar-refractivity contribution in [2.75, 3.05) is 17.2 Å². The summed E-state index contributed by atoms with van der Waals surface area (Å²) in [6.45, 7) is 6.39. The number of amides is 1. The minimum absolute atomic E-state index is 0.00366. The van der Waals surface area contributed by atoms with E-state index in [0.29, 0.717) is 17.4 Å². The van der Waals surface area contributed by atoms with Gasteiger partial charge < -0.3 is 15.4 Å². The zero-order valence-electron chi connectivity index (χ0n) is 16.3. The minimum atomic E-state index is -0.294. The molecule has 1 heterocycles. The number of anilines is 3. The van der Waals surface area contributed by atoms with Crippen molar-refractivity contribution in [3.8, 4) is 5.75 Å². The van der Waals surface area contributed by atoms with Crippen LogP contribution in [0.15, 0.2) is 66.7 Å². The van der Waals surface area contributed by atoms with Gasteiger partial charge in [-0.1, -0.05) is 57.2 Å². The predicted octanol–water partition coefficient (Wildman–Crippen LogP) is 4.54. The summed E-state index contributed by atoms with van der Waals surface area (Å²) in [6, 6.07) is 20.8. The second kappa shape index (κ2) is 8.52. The van der Waals surface area contributed by atoms with Gasteiger partial charge in [-0.25, -0.2) is 0 Å². The van der Waals surface area contributed by atoms with Gasteiger partial charge in [-0.05, 0) is 41.3 Å². The molecular formula is C22H24N4O2. The summed E-state index contributed by atoms with van der Waals surface area (Å²) >= 11 is 0. The van der Waals surface area contributed by atoms with Crippen molar-refractivity contribution in [2.24, 2.45) is 0 Å². The van der Waals surface area contributed by atoms with Gasteiger partial charge in [0.05, 0.1) is 0 Å². The molecule has 3 aromatic rings. The number of rotatable bonds is 6. The molecule has 1 amide bonds. The van der Waals surface area contributed by atoms with Crippen LogP contribution >= 0.6 is 0 Å². The molecule has 2 N–H and O–H groups in total. The Morgan fingerprint density at radius 2 is 1.54 bits per heavy atom. The van der Waals surface area contributed by atoms with Crippen molar-refractivity contribution in [3.05, 3.63) is 72.3 Å². The van der Waals surface area contributed by atoms with Gasteiger partial charge in [-0.3, -0.25) is 4.79 Å². The molecule has 6 heteroatoms. The molecule has 2 aromatic carbocycles. The summed E-state index contributed by atoms with van der Waals surface area (Å²) in [5.74, 6) is 1.32. The van der Waals surface area contributed by atoms with E-state index in [9.17, 15) is 4.79 Å². The summed E-state index contributed by atoms with van der Waals surface area (Å²) in [5.41, 5.74) is 2.17. The van der Waals surface area contributed by atoms with E-state index in [1.807, 2.05) is 36.4 Å². The first-order valence-electron chi connectivity index (χ1n) is 9.10. The van der Waals surface area contributed by atoms with E-state index in [4.69, 9.17) is 4.74 Å². The van der Waals surface area contributed by atoms with Crippen LogP contribution in [-0.2, 0) is 10.2 Å². The highest BCUT2D eigenvalue weighted by atomic mass is 16.5. The summed E-state index contributed by atoms with van der Waals surface area (Å²) < 4.78 is 5.42. The molecule has 0 unspecified atom stereocenters. The van der Waals surface area contributed by atoms with E-state index in [1.54, 1.807) is 24.3 Å². The normalized spacial score (nSPS) is 11.0. The number of ether oxygens (including phenoxy) is 1. The van der Waals surface area contributed by atoms with Gasteiger partial charge in [0.1, 0.15) is 5.75 Å². The molecule has 0 saturated carbocycles. The number of hydrogen-bond acceptors (Lipinski definition) is 5. The number of nitrogens with one attached hydrogen (secondary N) is 2. The van der Waals surface area contributed by atoms with Gasteiger partial charge >= 0.3 is 0 Å². The average molecular weight is 376 g/mol. The topological polar surface area (TPSA) is 76.1 Å². The molecule has 0 aliphatic rings. The van der Waals surface area contributed by atoms with Gasteiger partial charge in [0.15, 0.2) is 18.2 Å². The van der Waals surface area contributed by atoms with Crippen LogP contribution in [0, 0.1) is 0 Å². The minimum Gasteiger partial charge on any atom is -0.484 e. The van der Waals surface area contributed by atoms with Crippen molar-refractivity contribution in [1.29, 1.82) is 0 Å². The Hall–Kier alpha value is -3.41. The molecule has 0 fully saturated rings. The number of nitrogens with zero attached hydrogens (tertiary/aromatic N) is 2. The Labute approximate surface area is 165 Å². The molecule has 0 aliphatic carbocycles. The Morgan fingerprint density at radius 1 is 0.893 bits per heavy atom. The third kappa shape index (κ3) is 5.30. The van der Waals surface area contributed by atoms with Crippen LogP contribution in [0.2, 0.25) is 0 Å². The van der Waals surface area contributed by atoms with Crippen molar-refractivity contribution < 1.29 is 9.53 Å². The first-order valence-corrected chi connectivity index (χ1v) is 9.10. The van der Waals surface area contributed by atoms with Crippen molar-refractivity contribution in [3.63, 3.8) is 0 Å². The molecule has 0 bridgehead atoms. The highest BCUT2D eigenvalue weighted by Crippen LogP contribution is 2.30. The molecular weight excluding hydrogens is 352 g/mol. The Balaban J connectivity index is 1.59. The standard InChI is InChI=1S/C22H24N4O2/c1-22(2,3)17-11-7-8-12-18(17)23-19-13-14-20(26-25-19)24-21(27)15-28-16-9-5-4-6-10-16/h4-14H,15H2,1-3H3,(H,23,25)(H,24,26,27). The zero-order chi connectivity index (χ0) is 20.0. The third-order valence-electron chi connectivity index (χ3n) is 4.04. The lowest BCUT2D eigenvalue weighted by atomic mass is 9.86. The monoisotopic (exact) mass is 376 g/mol. The van der Waals surface area contributed by atoms with Gasteiger partial charge in [-0.2, -0.15) is 0 Å². The highest BCUT2D eigenvalue weighted by molar-refractivity contribution is 5.90. The number of carbonyl (C=O) groups is 1. The summed E-state index contributed by atoms with van der Waals surface area (Å²) in [6.07, 6.45) is 0. The Morgan fingerprint density at radius 3 is 2.21 bits per heavy atom. The van der Waals surface area contributed by atoms with E-state index in [-0.39, 0.29) is 17.9 Å². The average Bonchev–Trinajstić information content (AvgIpc) is 2.68. The fourth-order valence-electron chi connectivity index (χ4n) is 2.69. The molecule has 0 radical (unpaired) electrons. The lowest BCUT2D eigenvalue weighted by molar-refractivity contribution is -0.118. The molecule has 6 nitrogen and oxygen atoms in total. The molecule has 0 aliphatic heterocycles. The summed E-state index contributed by atoms with van der Waals surface area (Å²) in [7, 11) is 0. The predicted molar refractivity (Wildman–Crippen MR) is 111 cm³/mol. The van der Waals surface area contributed by atoms with Crippen LogP contribution in [0.25, 0.3) is 0 Å². The molecule has 3 rings (SSSR count). The zero-order valence-corrected chi connectivity index (χ0v) is 16.3. The Kier molecular flexibility index (Phi) is 5.89. The first kappa shape index (κ1) is 19.4. The molecule has 0 saturated heterocycles. The Bertz CT molecular complexity index is 919. The fraction of sp³-hybridized carbons (Fsp3) is 0.227. The van der Waals surface area contributed by atoms with E-state index >= 15 is 0 Å². The largest absolute Gasteiger partial charge is 0.484 e. The quantitative estimate of drug-likeness (QED) is 0.661. The molecule has 0 spiro atoms. The maximum absolute atomic E-state index is 12.0. The molecule has 28 heavy (non-hydrogen) atoms. The van der Waals surface area contributed by atoms with Crippen LogP contribution in [0.5, 0.6) is 5.75 Å². The molecule has 1 aromatic heterocycles. The van der Waals surface area contributed by atoms with Gasteiger partial charge in [-0.15, -0.1) is 10.2 Å². The highest BCUT2D eigenvalue weighted by Gasteiger charge is 2.17. The first-order chi connectivity index (χ1) is 13.4. The van der Waals surface area contributed by atoms with Crippen LogP contribution in [0.4, 0.5) is 17.3 Å². The van der Waals surface area contributed by atoms with Crippen LogP contribution in [-0.4, -0.2) is 22.7 Å².